The van der Waals surface area contributed by atoms with Crippen LogP contribution in [0.15, 0.2) is 18.2 Å². The Hall–Kier alpha value is -0.820. The second-order valence-corrected chi connectivity index (χ2v) is 5.75. The van der Waals surface area contributed by atoms with Crippen molar-refractivity contribution in [2.24, 2.45) is 0 Å². The second kappa shape index (κ2) is 8.37. The van der Waals surface area contributed by atoms with Crippen LogP contribution >= 0.6 is 0 Å². The van der Waals surface area contributed by atoms with Crippen molar-refractivity contribution in [3.63, 3.8) is 0 Å². The lowest BCUT2D eigenvalue weighted by atomic mass is 10.0. The van der Waals surface area contributed by atoms with Gasteiger partial charge in [0, 0.05) is 6.42 Å². The van der Waals surface area contributed by atoms with E-state index in [1.54, 1.807) is 0 Å². The van der Waals surface area contributed by atoms with Gasteiger partial charge in [-0.2, -0.15) is 0 Å². The van der Waals surface area contributed by atoms with E-state index in [1.165, 1.54) is 62.5 Å². The first kappa shape index (κ1) is 14.6. The first-order valence-electron chi connectivity index (χ1n) is 7.99. The van der Waals surface area contributed by atoms with Crippen LogP contribution in [0.2, 0.25) is 0 Å². The van der Waals surface area contributed by atoms with Gasteiger partial charge in [0.25, 0.3) is 0 Å². The number of hydrogen-bond donors (Lipinski definition) is 0. The number of unbranched alkanes of at least 4 members (excludes halogenated alkanes) is 6. The lowest BCUT2D eigenvalue weighted by Crippen LogP contribution is -1.95. The fourth-order valence-electron chi connectivity index (χ4n) is 2.56. The number of hydrogen-bond acceptors (Lipinski definition) is 1. The molecule has 0 aliphatic carbocycles. The zero-order chi connectivity index (χ0) is 13.3. The highest BCUT2D eigenvalue weighted by Gasteiger charge is 2.22. The van der Waals surface area contributed by atoms with Gasteiger partial charge in [-0.25, -0.2) is 0 Å². The molecule has 1 heterocycles. The Balaban J connectivity index is 1.59. The molecule has 1 aliphatic rings. The summed E-state index contributed by atoms with van der Waals surface area (Å²) in [5.41, 5.74) is 2.80. The molecule has 0 aromatic heterocycles. The van der Waals surface area contributed by atoms with Crippen molar-refractivity contribution in [2.45, 2.75) is 70.8 Å². The maximum Gasteiger partial charge on any atom is 0.0850 e. The maximum atomic E-state index is 5.28. The van der Waals surface area contributed by atoms with E-state index in [-0.39, 0.29) is 0 Å². The first-order chi connectivity index (χ1) is 9.38. The third-order valence-electron chi connectivity index (χ3n) is 3.84. The summed E-state index contributed by atoms with van der Waals surface area (Å²) in [7, 11) is 0. The van der Waals surface area contributed by atoms with E-state index in [4.69, 9.17) is 4.74 Å². The molecule has 0 spiro atoms. The van der Waals surface area contributed by atoms with Crippen LogP contribution in [-0.2, 0) is 17.6 Å². The first-order valence-corrected chi connectivity index (χ1v) is 7.99. The van der Waals surface area contributed by atoms with E-state index < -0.39 is 0 Å². The smallest absolute Gasteiger partial charge is 0.0850 e. The average Bonchev–Trinajstić information content (AvgIpc) is 3.22. The van der Waals surface area contributed by atoms with Crippen molar-refractivity contribution in [1.29, 1.82) is 0 Å². The van der Waals surface area contributed by atoms with Gasteiger partial charge in [-0.05, 0) is 30.0 Å². The summed E-state index contributed by atoms with van der Waals surface area (Å²) in [6, 6.07) is 9.94. The minimum atomic E-state index is 0.477. The summed E-state index contributed by atoms with van der Waals surface area (Å²) in [6.07, 6.45) is 12.4. The predicted molar refractivity (Wildman–Crippen MR) is 80.4 cm³/mol. The van der Waals surface area contributed by atoms with Gasteiger partial charge >= 0.3 is 0 Å². The molecular formula is C18H27O. The zero-order valence-corrected chi connectivity index (χ0v) is 12.3. The summed E-state index contributed by atoms with van der Waals surface area (Å²) in [5.74, 6) is 0. The van der Waals surface area contributed by atoms with Crippen molar-refractivity contribution in [3.05, 3.63) is 35.4 Å². The van der Waals surface area contributed by atoms with Crippen LogP contribution < -0.4 is 0 Å². The summed E-state index contributed by atoms with van der Waals surface area (Å²) in [6.45, 7) is 3.21. The molecule has 1 nitrogen and oxygen atoms in total. The van der Waals surface area contributed by atoms with Gasteiger partial charge in [0.1, 0.15) is 0 Å². The fourth-order valence-corrected chi connectivity index (χ4v) is 2.56. The van der Waals surface area contributed by atoms with Crippen molar-refractivity contribution < 1.29 is 4.74 Å². The van der Waals surface area contributed by atoms with Crippen LogP contribution in [0.4, 0.5) is 0 Å². The quantitative estimate of drug-likeness (QED) is 0.437. The summed E-state index contributed by atoms with van der Waals surface area (Å²) in [4.78, 5) is 0. The molecule has 1 aliphatic heterocycles. The Labute approximate surface area is 118 Å². The molecule has 2 rings (SSSR count). The minimum absolute atomic E-state index is 0.477. The molecule has 1 aromatic rings. The van der Waals surface area contributed by atoms with Gasteiger partial charge in [0.2, 0.25) is 0 Å². The standard InChI is InChI=1S/C18H27O/c1-2-3-4-5-6-7-8-10-16-11-9-12-17(13-16)14-18-15-19-18/h9,11,13,18H,2-8,10,14-15H2,1H3. The highest BCUT2D eigenvalue weighted by molar-refractivity contribution is 5.23. The number of ether oxygens (including phenoxy) is 1. The Morgan fingerprint density at radius 1 is 1.16 bits per heavy atom. The van der Waals surface area contributed by atoms with Crippen LogP contribution in [-0.4, -0.2) is 12.7 Å². The zero-order valence-electron chi connectivity index (χ0n) is 12.3. The Morgan fingerprint density at radius 3 is 2.63 bits per heavy atom. The van der Waals surface area contributed by atoms with E-state index in [1.807, 2.05) is 0 Å². The third-order valence-corrected chi connectivity index (χ3v) is 3.84. The molecule has 0 amide bonds. The SMILES string of the molecule is CCCCCCCCCc1cc[c]c(CC2CO2)c1. The van der Waals surface area contributed by atoms with Crippen molar-refractivity contribution >= 4 is 0 Å². The van der Waals surface area contributed by atoms with Crippen LogP contribution in [0.1, 0.15) is 63.0 Å². The molecule has 1 saturated heterocycles. The minimum Gasteiger partial charge on any atom is -0.373 e. The van der Waals surface area contributed by atoms with E-state index in [9.17, 15) is 0 Å². The highest BCUT2D eigenvalue weighted by Crippen LogP contribution is 2.17. The predicted octanol–water partition coefficient (Wildman–Crippen LogP) is 4.72. The van der Waals surface area contributed by atoms with Gasteiger partial charge in [-0.3, -0.25) is 0 Å². The average molecular weight is 259 g/mol. The maximum absolute atomic E-state index is 5.28. The summed E-state index contributed by atoms with van der Waals surface area (Å²) in [5, 5.41) is 0. The molecule has 1 fully saturated rings. The third kappa shape index (κ3) is 6.24. The van der Waals surface area contributed by atoms with Crippen LogP contribution in [0, 0.1) is 6.07 Å². The van der Waals surface area contributed by atoms with Gasteiger partial charge in [0.05, 0.1) is 12.7 Å². The molecular weight excluding hydrogens is 232 g/mol. The number of epoxide rings is 1. The van der Waals surface area contributed by atoms with Crippen LogP contribution in [0.25, 0.3) is 0 Å². The molecule has 1 aromatic carbocycles. The molecule has 0 saturated carbocycles. The van der Waals surface area contributed by atoms with E-state index in [2.05, 4.69) is 31.2 Å². The monoisotopic (exact) mass is 259 g/mol. The lowest BCUT2D eigenvalue weighted by molar-refractivity contribution is 0.407. The summed E-state index contributed by atoms with van der Waals surface area (Å²) >= 11 is 0. The lowest BCUT2D eigenvalue weighted by Gasteiger charge is -2.04. The van der Waals surface area contributed by atoms with Crippen molar-refractivity contribution in [1.82, 2.24) is 0 Å². The molecule has 0 N–H and O–H groups in total. The van der Waals surface area contributed by atoms with Gasteiger partial charge in [0.15, 0.2) is 0 Å². The second-order valence-electron chi connectivity index (χ2n) is 5.75. The Bertz CT molecular complexity index is 354. The van der Waals surface area contributed by atoms with Crippen LogP contribution in [0.3, 0.4) is 0 Å². The number of rotatable bonds is 10. The van der Waals surface area contributed by atoms with Gasteiger partial charge in [-0.1, -0.05) is 63.6 Å². The van der Waals surface area contributed by atoms with E-state index in [0.717, 1.165) is 13.0 Å². The van der Waals surface area contributed by atoms with Crippen molar-refractivity contribution in [2.75, 3.05) is 6.61 Å². The topological polar surface area (TPSA) is 12.5 Å². The molecule has 1 unspecified atom stereocenters. The molecule has 1 atom stereocenters. The van der Waals surface area contributed by atoms with E-state index >= 15 is 0 Å². The molecule has 1 heteroatoms. The molecule has 105 valence electrons. The molecule has 1 radical (unpaired) electrons. The Kier molecular flexibility index (Phi) is 6.43. The van der Waals surface area contributed by atoms with Gasteiger partial charge < -0.3 is 4.74 Å². The Morgan fingerprint density at radius 2 is 1.89 bits per heavy atom. The van der Waals surface area contributed by atoms with Crippen molar-refractivity contribution in [3.8, 4) is 0 Å². The number of benzene rings is 1. The van der Waals surface area contributed by atoms with Crippen LogP contribution in [0.5, 0.6) is 0 Å². The fraction of sp³-hybridized carbons (Fsp3) is 0.667. The largest absolute Gasteiger partial charge is 0.373 e. The summed E-state index contributed by atoms with van der Waals surface area (Å²) < 4.78 is 5.28. The highest BCUT2D eigenvalue weighted by atomic mass is 16.6. The molecule has 19 heavy (non-hydrogen) atoms. The number of aryl methyl sites for hydroxylation is 1. The molecule has 0 bridgehead atoms. The normalized spacial score (nSPS) is 17.6. The van der Waals surface area contributed by atoms with Gasteiger partial charge in [-0.15, -0.1) is 0 Å². The van der Waals surface area contributed by atoms with E-state index in [0.29, 0.717) is 6.10 Å².